The summed E-state index contributed by atoms with van der Waals surface area (Å²) in [5.74, 6) is -3.28. The number of primary amides is 1. The molecule has 0 aromatic carbocycles. The smallest absolute Gasteiger partial charge is 0.253 e. The van der Waals surface area contributed by atoms with Crippen molar-refractivity contribution in [2.75, 3.05) is 19.6 Å². The second kappa shape index (κ2) is 10.1. The van der Waals surface area contributed by atoms with Crippen molar-refractivity contribution in [3.8, 4) is 0 Å². The molecule has 0 aliphatic carbocycles. The minimum absolute atomic E-state index is 0.0180. The van der Waals surface area contributed by atoms with E-state index in [1.54, 1.807) is 6.92 Å². The summed E-state index contributed by atoms with van der Waals surface area (Å²) < 4.78 is 26.5. The highest BCUT2D eigenvalue weighted by molar-refractivity contribution is 5.73. The number of carbonyl (C=O) groups is 1. The van der Waals surface area contributed by atoms with E-state index in [0.29, 0.717) is 19.5 Å². The third kappa shape index (κ3) is 7.78. The molecule has 1 saturated heterocycles. The molecule has 0 aromatic heterocycles. The zero-order valence-electron chi connectivity index (χ0n) is 13.1. The van der Waals surface area contributed by atoms with Crippen LogP contribution in [0, 0.1) is 5.92 Å². The Morgan fingerprint density at radius 2 is 1.85 bits per heavy atom. The summed E-state index contributed by atoms with van der Waals surface area (Å²) in [7, 11) is 0. The Labute approximate surface area is 121 Å². The maximum Gasteiger partial charge on any atom is 0.253 e. The van der Waals surface area contributed by atoms with E-state index in [-0.39, 0.29) is 12.3 Å². The van der Waals surface area contributed by atoms with Gasteiger partial charge >= 0.3 is 0 Å². The fourth-order valence-corrected chi connectivity index (χ4v) is 2.36. The molecule has 1 amide bonds. The SMILES string of the molecule is CC.CC1CN(CCCCCCC(N)=O)CCC1(F)F. The largest absolute Gasteiger partial charge is 0.370 e. The monoisotopic (exact) mass is 292 g/mol. The molecule has 2 N–H and O–H groups in total. The summed E-state index contributed by atoms with van der Waals surface area (Å²) in [6.07, 6.45) is 4.31. The first-order valence-corrected chi connectivity index (χ1v) is 7.80. The highest BCUT2D eigenvalue weighted by Gasteiger charge is 2.40. The molecular formula is C15H30F2N2O. The lowest BCUT2D eigenvalue weighted by Gasteiger charge is -2.36. The normalized spacial score (nSPS) is 21.9. The Bertz CT molecular complexity index is 273. The maximum absolute atomic E-state index is 13.3. The Morgan fingerprint density at radius 3 is 2.40 bits per heavy atom. The van der Waals surface area contributed by atoms with Gasteiger partial charge in [0.1, 0.15) is 0 Å². The molecule has 0 bridgehead atoms. The molecule has 1 unspecified atom stereocenters. The summed E-state index contributed by atoms with van der Waals surface area (Å²) in [5, 5.41) is 0. The van der Waals surface area contributed by atoms with Gasteiger partial charge in [-0.3, -0.25) is 4.79 Å². The third-order valence-corrected chi connectivity index (χ3v) is 3.66. The molecule has 1 atom stereocenters. The summed E-state index contributed by atoms with van der Waals surface area (Å²) in [5.41, 5.74) is 5.05. The lowest BCUT2D eigenvalue weighted by atomic mass is 9.95. The van der Waals surface area contributed by atoms with Crippen LogP contribution in [0.1, 0.15) is 59.3 Å². The molecule has 1 rings (SSSR count). The number of rotatable bonds is 7. The number of halogens is 2. The van der Waals surface area contributed by atoms with Gasteiger partial charge in [0.25, 0.3) is 5.92 Å². The molecule has 5 heteroatoms. The van der Waals surface area contributed by atoms with E-state index in [1.165, 1.54) is 0 Å². The van der Waals surface area contributed by atoms with E-state index in [0.717, 1.165) is 32.2 Å². The average molecular weight is 292 g/mol. The van der Waals surface area contributed by atoms with Crippen molar-refractivity contribution < 1.29 is 13.6 Å². The van der Waals surface area contributed by atoms with Crippen LogP contribution in [0.15, 0.2) is 0 Å². The van der Waals surface area contributed by atoms with Crippen LogP contribution in [-0.2, 0) is 4.79 Å². The predicted octanol–water partition coefficient (Wildman–Crippen LogP) is 3.43. The molecule has 0 spiro atoms. The molecule has 1 aliphatic heterocycles. The quantitative estimate of drug-likeness (QED) is 0.731. The van der Waals surface area contributed by atoms with Crippen molar-refractivity contribution in [1.29, 1.82) is 0 Å². The van der Waals surface area contributed by atoms with Gasteiger partial charge in [-0.1, -0.05) is 33.6 Å². The van der Waals surface area contributed by atoms with Gasteiger partial charge < -0.3 is 10.6 Å². The van der Waals surface area contributed by atoms with Gasteiger partial charge in [0.05, 0.1) is 0 Å². The Hall–Kier alpha value is -0.710. The van der Waals surface area contributed by atoms with Gasteiger partial charge in [0.2, 0.25) is 5.91 Å². The number of nitrogens with zero attached hydrogens (tertiary/aromatic N) is 1. The van der Waals surface area contributed by atoms with Gasteiger partial charge in [-0.2, -0.15) is 0 Å². The number of hydrogen-bond donors (Lipinski definition) is 1. The van der Waals surface area contributed by atoms with Crippen molar-refractivity contribution in [1.82, 2.24) is 4.90 Å². The number of hydrogen-bond acceptors (Lipinski definition) is 2. The molecule has 0 radical (unpaired) electrons. The van der Waals surface area contributed by atoms with Gasteiger partial charge in [-0.15, -0.1) is 0 Å². The topological polar surface area (TPSA) is 46.3 Å². The van der Waals surface area contributed by atoms with Crippen LogP contribution in [0.2, 0.25) is 0 Å². The number of amides is 1. The molecular weight excluding hydrogens is 262 g/mol. The molecule has 120 valence electrons. The zero-order valence-corrected chi connectivity index (χ0v) is 13.1. The van der Waals surface area contributed by atoms with E-state index in [4.69, 9.17) is 5.73 Å². The summed E-state index contributed by atoms with van der Waals surface area (Å²) >= 11 is 0. The number of unbranched alkanes of at least 4 members (excludes halogenated alkanes) is 3. The average Bonchev–Trinajstić information content (AvgIpc) is 2.40. The minimum atomic E-state index is -2.49. The molecule has 0 aromatic rings. The summed E-state index contributed by atoms with van der Waals surface area (Å²) in [4.78, 5) is 12.6. The first kappa shape index (κ1) is 19.3. The highest BCUT2D eigenvalue weighted by atomic mass is 19.3. The van der Waals surface area contributed by atoms with Gasteiger partial charge in [-0.25, -0.2) is 8.78 Å². The highest BCUT2D eigenvalue weighted by Crippen LogP contribution is 2.32. The Morgan fingerprint density at radius 1 is 1.25 bits per heavy atom. The van der Waals surface area contributed by atoms with E-state index < -0.39 is 11.8 Å². The van der Waals surface area contributed by atoms with Crippen molar-refractivity contribution in [3.63, 3.8) is 0 Å². The van der Waals surface area contributed by atoms with Crippen LogP contribution in [-0.4, -0.2) is 36.4 Å². The van der Waals surface area contributed by atoms with Gasteiger partial charge in [-0.05, 0) is 19.4 Å². The number of alkyl halides is 2. The summed E-state index contributed by atoms with van der Waals surface area (Å²) in [6.45, 7) is 7.50. The number of carbonyl (C=O) groups excluding carboxylic acids is 1. The fraction of sp³-hybridized carbons (Fsp3) is 0.933. The van der Waals surface area contributed by atoms with Crippen LogP contribution in [0.5, 0.6) is 0 Å². The molecule has 1 heterocycles. The standard InChI is InChI=1S/C13H24F2N2O.C2H6/c1-11-10-17(9-7-13(11,14)15)8-5-3-2-4-6-12(16)18;1-2/h11H,2-10H2,1H3,(H2,16,18);1-2H3. The van der Waals surface area contributed by atoms with Gasteiger partial charge in [0, 0.05) is 31.8 Å². The first-order chi connectivity index (χ1) is 9.42. The van der Waals surface area contributed by atoms with Crippen LogP contribution in [0.4, 0.5) is 8.78 Å². The number of likely N-dealkylation sites (tertiary alicyclic amines) is 1. The number of piperidine rings is 1. The molecule has 3 nitrogen and oxygen atoms in total. The first-order valence-electron chi connectivity index (χ1n) is 7.80. The van der Waals surface area contributed by atoms with E-state index in [1.807, 2.05) is 13.8 Å². The Kier molecular flexibility index (Phi) is 9.72. The molecule has 0 saturated carbocycles. The fourth-order valence-electron chi connectivity index (χ4n) is 2.36. The lowest BCUT2D eigenvalue weighted by Crippen LogP contribution is -2.46. The van der Waals surface area contributed by atoms with Crippen LogP contribution in [0.3, 0.4) is 0 Å². The Balaban J connectivity index is 0.00000172. The second-order valence-corrected chi connectivity index (χ2v) is 5.34. The maximum atomic E-state index is 13.3. The van der Waals surface area contributed by atoms with Crippen LogP contribution in [0.25, 0.3) is 0 Å². The van der Waals surface area contributed by atoms with Crippen molar-refractivity contribution in [3.05, 3.63) is 0 Å². The second-order valence-electron chi connectivity index (χ2n) is 5.34. The lowest BCUT2D eigenvalue weighted by molar-refractivity contribution is -0.118. The molecule has 1 aliphatic rings. The van der Waals surface area contributed by atoms with Gasteiger partial charge in [0.15, 0.2) is 0 Å². The van der Waals surface area contributed by atoms with Crippen molar-refractivity contribution >= 4 is 5.91 Å². The predicted molar refractivity (Wildman–Crippen MR) is 78.8 cm³/mol. The molecule has 20 heavy (non-hydrogen) atoms. The van der Waals surface area contributed by atoms with Crippen LogP contribution >= 0.6 is 0 Å². The minimum Gasteiger partial charge on any atom is -0.370 e. The molecule has 1 fully saturated rings. The van der Waals surface area contributed by atoms with E-state index >= 15 is 0 Å². The van der Waals surface area contributed by atoms with E-state index in [2.05, 4.69) is 4.90 Å². The zero-order chi connectivity index (χ0) is 15.6. The van der Waals surface area contributed by atoms with Crippen molar-refractivity contribution in [2.45, 2.75) is 65.2 Å². The third-order valence-electron chi connectivity index (χ3n) is 3.66. The van der Waals surface area contributed by atoms with Crippen molar-refractivity contribution in [2.24, 2.45) is 11.7 Å². The van der Waals surface area contributed by atoms with Crippen LogP contribution < -0.4 is 5.73 Å². The summed E-state index contributed by atoms with van der Waals surface area (Å²) in [6, 6.07) is 0. The van der Waals surface area contributed by atoms with E-state index in [9.17, 15) is 13.6 Å². The number of nitrogens with two attached hydrogens (primary N) is 1.